The van der Waals surface area contributed by atoms with Gasteiger partial charge in [-0.2, -0.15) is 0 Å². The lowest BCUT2D eigenvalue weighted by atomic mass is 10.2. The Bertz CT molecular complexity index is 426. The van der Waals surface area contributed by atoms with Gasteiger partial charge in [0.1, 0.15) is 0 Å². The van der Waals surface area contributed by atoms with Gasteiger partial charge in [0.15, 0.2) is 11.5 Å². The minimum absolute atomic E-state index is 0.711. The summed E-state index contributed by atoms with van der Waals surface area (Å²) < 4.78 is 17.4. The van der Waals surface area contributed by atoms with Crippen LogP contribution in [0.25, 0.3) is 0 Å². The Hall–Kier alpha value is -0.780. The predicted molar refractivity (Wildman–Crippen MR) is 82.6 cm³/mol. The van der Waals surface area contributed by atoms with E-state index in [-0.39, 0.29) is 0 Å². The number of rotatable bonds is 7. The summed E-state index contributed by atoms with van der Waals surface area (Å²) in [5.74, 6) is 1.67. The molecule has 0 radical (unpaired) electrons. The van der Waals surface area contributed by atoms with Crippen LogP contribution in [0, 0.1) is 0 Å². The second kappa shape index (κ2) is 8.49. The average Bonchev–Trinajstić information content (AvgIpc) is 2.68. The van der Waals surface area contributed by atoms with Crippen LogP contribution in [-0.2, 0) is 11.3 Å². The highest BCUT2D eigenvalue weighted by Gasteiger charge is 2.14. The molecule has 112 valence electrons. The van der Waals surface area contributed by atoms with E-state index in [1.807, 2.05) is 0 Å². The number of halogens is 1. The Morgan fingerprint density at radius 3 is 2.95 bits per heavy atom. The van der Waals surface area contributed by atoms with Crippen LogP contribution in [0.15, 0.2) is 16.6 Å². The summed E-state index contributed by atoms with van der Waals surface area (Å²) >= 11 is 3.56. The molecule has 1 aromatic rings. The summed E-state index contributed by atoms with van der Waals surface area (Å²) in [5.41, 5.74) is 1.20. The molecule has 0 unspecified atom stereocenters. The minimum atomic E-state index is 0.711. The third-order valence-corrected chi connectivity index (χ3v) is 3.73. The summed E-state index contributed by atoms with van der Waals surface area (Å²) in [7, 11) is 1.74. The summed E-state index contributed by atoms with van der Waals surface area (Å²) in [6.45, 7) is 4.09. The van der Waals surface area contributed by atoms with Gasteiger partial charge in [-0.3, -0.25) is 0 Å². The number of methoxy groups -OCH3 is 1. The normalized spacial score (nSPS) is 14.1. The van der Waals surface area contributed by atoms with Crippen molar-refractivity contribution in [3.05, 3.63) is 22.2 Å². The summed E-state index contributed by atoms with van der Waals surface area (Å²) in [4.78, 5) is 0. The number of benzene rings is 1. The molecule has 4 nitrogen and oxygen atoms in total. The molecular formula is C15H22BrNO3. The van der Waals surface area contributed by atoms with Crippen LogP contribution in [0.3, 0.4) is 0 Å². The molecule has 20 heavy (non-hydrogen) atoms. The van der Waals surface area contributed by atoms with Crippen molar-refractivity contribution in [3.8, 4) is 11.5 Å². The highest BCUT2D eigenvalue weighted by atomic mass is 79.9. The number of ether oxygens (including phenoxy) is 3. The zero-order chi connectivity index (χ0) is 14.2. The quantitative estimate of drug-likeness (QED) is 0.772. The third kappa shape index (κ3) is 4.65. The molecule has 1 aromatic carbocycles. The molecule has 1 N–H and O–H groups in total. The maximum atomic E-state index is 5.73. The largest absolute Gasteiger partial charge is 0.490 e. The van der Waals surface area contributed by atoms with Gasteiger partial charge >= 0.3 is 0 Å². The van der Waals surface area contributed by atoms with E-state index in [0.29, 0.717) is 13.2 Å². The van der Waals surface area contributed by atoms with Gasteiger partial charge in [-0.15, -0.1) is 0 Å². The fourth-order valence-corrected chi connectivity index (χ4v) is 2.72. The van der Waals surface area contributed by atoms with E-state index in [2.05, 4.69) is 33.4 Å². The number of unbranched alkanes of at least 4 members (excludes halogenated alkanes) is 1. The molecular weight excluding hydrogens is 322 g/mol. The SMILES string of the molecule is COCCCCNCc1cc(Br)c2c(c1)OCCCO2. The van der Waals surface area contributed by atoms with E-state index in [9.17, 15) is 0 Å². The van der Waals surface area contributed by atoms with Crippen molar-refractivity contribution in [2.45, 2.75) is 25.8 Å². The van der Waals surface area contributed by atoms with E-state index >= 15 is 0 Å². The molecule has 0 saturated carbocycles. The molecule has 0 amide bonds. The number of hydrogen-bond acceptors (Lipinski definition) is 4. The van der Waals surface area contributed by atoms with Crippen LogP contribution in [0.2, 0.25) is 0 Å². The van der Waals surface area contributed by atoms with E-state index in [0.717, 1.165) is 54.9 Å². The molecule has 0 bridgehead atoms. The fourth-order valence-electron chi connectivity index (χ4n) is 2.12. The van der Waals surface area contributed by atoms with Crippen molar-refractivity contribution in [3.63, 3.8) is 0 Å². The first-order chi connectivity index (χ1) is 9.81. The van der Waals surface area contributed by atoms with Gasteiger partial charge in [-0.25, -0.2) is 0 Å². The standard InChI is InChI=1S/C15H22BrNO3/c1-18-6-3-2-5-17-11-12-9-13(16)15-14(10-12)19-7-4-8-20-15/h9-10,17H,2-8,11H2,1H3. The number of nitrogens with one attached hydrogen (secondary N) is 1. The van der Waals surface area contributed by atoms with Crippen LogP contribution >= 0.6 is 15.9 Å². The first-order valence-corrected chi connectivity index (χ1v) is 7.88. The molecule has 0 spiro atoms. The fraction of sp³-hybridized carbons (Fsp3) is 0.600. The van der Waals surface area contributed by atoms with Crippen molar-refractivity contribution in [1.29, 1.82) is 0 Å². The molecule has 1 heterocycles. The van der Waals surface area contributed by atoms with E-state index in [4.69, 9.17) is 14.2 Å². The number of fused-ring (bicyclic) bond motifs is 1. The zero-order valence-corrected chi connectivity index (χ0v) is 13.5. The van der Waals surface area contributed by atoms with Crippen molar-refractivity contribution in [2.24, 2.45) is 0 Å². The maximum absolute atomic E-state index is 5.73. The lowest BCUT2D eigenvalue weighted by Crippen LogP contribution is -2.15. The Labute approximate surface area is 128 Å². The van der Waals surface area contributed by atoms with E-state index in [1.54, 1.807) is 7.11 Å². The van der Waals surface area contributed by atoms with Gasteiger partial charge in [-0.05, 0) is 53.0 Å². The first-order valence-electron chi connectivity index (χ1n) is 7.09. The summed E-state index contributed by atoms with van der Waals surface area (Å²) in [5, 5.41) is 3.44. The molecule has 1 aliphatic heterocycles. The van der Waals surface area contributed by atoms with Crippen LogP contribution in [-0.4, -0.2) is 33.5 Å². The van der Waals surface area contributed by atoms with Gasteiger partial charge < -0.3 is 19.5 Å². The third-order valence-electron chi connectivity index (χ3n) is 3.14. The Morgan fingerprint density at radius 1 is 1.25 bits per heavy atom. The van der Waals surface area contributed by atoms with Gasteiger partial charge in [0.25, 0.3) is 0 Å². The lowest BCUT2D eigenvalue weighted by Gasteiger charge is -2.12. The first kappa shape index (κ1) is 15.6. The van der Waals surface area contributed by atoms with Gasteiger partial charge in [0, 0.05) is 26.7 Å². The van der Waals surface area contributed by atoms with Crippen molar-refractivity contribution in [2.75, 3.05) is 33.5 Å². The Morgan fingerprint density at radius 2 is 2.10 bits per heavy atom. The van der Waals surface area contributed by atoms with Crippen LogP contribution in [0.4, 0.5) is 0 Å². The topological polar surface area (TPSA) is 39.7 Å². The van der Waals surface area contributed by atoms with Crippen molar-refractivity contribution in [1.82, 2.24) is 5.32 Å². The van der Waals surface area contributed by atoms with E-state index in [1.165, 1.54) is 5.56 Å². The van der Waals surface area contributed by atoms with Crippen LogP contribution in [0.1, 0.15) is 24.8 Å². The second-order valence-electron chi connectivity index (χ2n) is 4.83. The molecule has 0 saturated heterocycles. The van der Waals surface area contributed by atoms with Gasteiger partial charge in [-0.1, -0.05) is 0 Å². The van der Waals surface area contributed by atoms with Crippen LogP contribution in [0.5, 0.6) is 11.5 Å². The molecule has 0 atom stereocenters. The predicted octanol–water partition coefficient (Wildman–Crippen LogP) is 3.13. The zero-order valence-electron chi connectivity index (χ0n) is 11.9. The van der Waals surface area contributed by atoms with Gasteiger partial charge in [0.2, 0.25) is 0 Å². The highest BCUT2D eigenvalue weighted by molar-refractivity contribution is 9.10. The molecule has 2 rings (SSSR count). The van der Waals surface area contributed by atoms with Gasteiger partial charge in [0.05, 0.1) is 17.7 Å². The lowest BCUT2D eigenvalue weighted by molar-refractivity contribution is 0.192. The molecule has 0 fully saturated rings. The Balaban J connectivity index is 1.86. The van der Waals surface area contributed by atoms with Crippen molar-refractivity contribution < 1.29 is 14.2 Å². The molecule has 1 aliphatic rings. The maximum Gasteiger partial charge on any atom is 0.175 e. The monoisotopic (exact) mass is 343 g/mol. The smallest absolute Gasteiger partial charge is 0.175 e. The number of hydrogen-bond donors (Lipinski definition) is 1. The summed E-state index contributed by atoms with van der Waals surface area (Å²) in [6, 6.07) is 4.16. The molecule has 0 aliphatic carbocycles. The van der Waals surface area contributed by atoms with Crippen LogP contribution < -0.4 is 14.8 Å². The summed E-state index contributed by atoms with van der Waals surface area (Å²) in [6.07, 6.45) is 3.14. The minimum Gasteiger partial charge on any atom is -0.490 e. The highest BCUT2D eigenvalue weighted by Crippen LogP contribution is 2.38. The Kier molecular flexibility index (Phi) is 6.63. The van der Waals surface area contributed by atoms with Crippen molar-refractivity contribution >= 4 is 15.9 Å². The average molecular weight is 344 g/mol. The van der Waals surface area contributed by atoms with E-state index < -0.39 is 0 Å². The molecule has 5 heteroatoms. The second-order valence-corrected chi connectivity index (χ2v) is 5.69. The molecule has 0 aromatic heterocycles.